The fourth-order valence-corrected chi connectivity index (χ4v) is 3.11. The standard InChI is InChI=1S/C14H17NOS/c1-8-2-3-9-5-11-7-13(17)14(16)15-12(11)6-10(9)4-8/h5-6,8,13,17H,2-4,7H2,1H3,(H,15,16). The first-order valence-corrected chi connectivity index (χ1v) is 6.78. The van der Waals surface area contributed by atoms with E-state index >= 15 is 0 Å². The number of benzene rings is 1. The molecule has 3 heteroatoms. The summed E-state index contributed by atoms with van der Waals surface area (Å²) in [6.45, 7) is 2.30. The van der Waals surface area contributed by atoms with Gasteiger partial charge in [-0.1, -0.05) is 13.0 Å². The number of rotatable bonds is 0. The van der Waals surface area contributed by atoms with Crippen molar-refractivity contribution >= 4 is 24.2 Å². The van der Waals surface area contributed by atoms with Gasteiger partial charge in [0.25, 0.3) is 0 Å². The van der Waals surface area contributed by atoms with Crippen LogP contribution in [0.3, 0.4) is 0 Å². The Morgan fingerprint density at radius 2 is 2.06 bits per heavy atom. The number of anilines is 1. The van der Waals surface area contributed by atoms with Gasteiger partial charge >= 0.3 is 0 Å². The lowest BCUT2D eigenvalue weighted by atomic mass is 9.83. The lowest BCUT2D eigenvalue weighted by molar-refractivity contribution is -0.115. The zero-order valence-electron chi connectivity index (χ0n) is 9.99. The fraction of sp³-hybridized carbons (Fsp3) is 0.500. The SMILES string of the molecule is CC1CCc2cc3c(cc2C1)NC(=O)C(S)C3. The summed E-state index contributed by atoms with van der Waals surface area (Å²) in [5, 5.41) is 2.77. The van der Waals surface area contributed by atoms with E-state index in [0.29, 0.717) is 0 Å². The van der Waals surface area contributed by atoms with E-state index in [1.54, 1.807) is 0 Å². The monoisotopic (exact) mass is 247 g/mol. The van der Waals surface area contributed by atoms with Crippen LogP contribution in [0.4, 0.5) is 5.69 Å². The second-order valence-electron chi connectivity index (χ2n) is 5.34. The molecule has 0 bridgehead atoms. The summed E-state index contributed by atoms with van der Waals surface area (Å²) < 4.78 is 0. The molecule has 17 heavy (non-hydrogen) atoms. The van der Waals surface area contributed by atoms with E-state index in [4.69, 9.17) is 0 Å². The Morgan fingerprint density at radius 1 is 1.24 bits per heavy atom. The predicted octanol–water partition coefficient (Wildman–Crippen LogP) is 2.60. The minimum absolute atomic E-state index is 0.0321. The van der Waals surface area contributed by atoms with Crippen LogP contribution in [0.25, 0.3) is 0 Å². The molecular weight excluding hydrogens is 230 g/mol. The van der Waals surface area contributed by atoms with E-state index in [2.05, 4.69) is 37.0 Å². The van der Waals surface area contributed by atoms with E-state index in [1.807, 2.05) is 0 Å². The van der Waals surface area contributed by atoms with Crippen LogP contribution >= 0.6 is 12.6 Å². The van der Waals surface area contributed by atoms with Crippen molar-refractivity contribution in [1.29, 1.82) is 0 Å². The van der Waals surface area contributed by atoms with Crippen LogP contribution in [0.15, 0.2) is 12.1 Å². The van der Waals surface area contributed by atoms with Crippen LogP contribution < -0.4 is 5.32 Å². The Kier molecular flexibility index (Phi) is 2.66. The van der Waals surface area contributed by atoms with Gasteiger partial charge in [0.05, 0.1) is 5.25 Å². The van der Waals surface area contributed by atoms with Gasteiger partial charge < -0.3 is 5.32 Å². The van der Waals surface area contributed by atoms with Crippen LogP contribution in [0.2, 0.25) is 0 Å². The van der Waals surface area contributed by atoms with Crippen molar-refractivity contribution in [2.45, 2.75) is 37.9 Å². The maximum Gasteiger partial charge on any atom is 0.237 e. The molecule has 90 valence electrons. The third kappa shape index (κ3) is 1.97. The molecule has 0 saturated carbocycles. The van der Waals surface area contributed by atoms with Crippen LogP contribution in [0.1, 0.15) is 30.0 Å². The lowest BCUT2D eigenvalue weighted by Crippen LogP contribution is -2.31. The van der Waals surface area contributed by atoms with Crippen LogP contribution in [-0.2, 0) is 24.1 Å². The Hall–Kier alpha value is -0.960. The number of amides is 1. The number of thiol groups is 1. The summed E-state index contributed by atoms with van der Waals surface area (Å²) in [4.78, 5) is 11.6. The molecular formula is C14H17NOS. The number of carbonyl (C=O) groups excluding carboxylic acids is 1. The number of aryl methyl sites for hydroxylation is 1. The maximum atomic E-state index is 11.6. The van der Waals surface area contributed by atoms with Crippen molar-refractivity contribution < 1.29 is 4.79 Å². The molecule has 3 rings (SSSR count). The molecule has 1 aliphatic heterocycles. The zero-order chi connectivity index (χ0) is 12.0. The quantitative estimate of drug-likeness (QED) is 0.678. The predicted molar refractivity (Wildman–Crippen MR) is 72.7 cm³/mol. The molecule has 0 radical (unpaired) electrons. The van der Waals surface area contributed by atoms with E-state index < -0.39 is 0 Å². The third-order valence-electron chi connectivity index (χ3n) is 3.87. The van der Waals surface area contributed by atoms with E-state index in [-0.39, 0.29) is 11.2 Å². The Balaban J connectivity index is 2.01. The van der Waals surface area contributed by atoms with Gasteiger partial charge in [-0.3, -0.25) is 4.79 Å². The van der Waals surface area contributed by atoms with Gasteiger partial charge in [-0.05, 0) is 54.4 Å². The van der Waals surface area contributed by atoms with Gasteiger partial charge in [0, 0.05) is 5.69 Å². The molecule has 2 nitrogen and oxygen atoms in total. The van der Waals surface area contributed by atoms with Crippen molar-refractivity contribution in [1.82, 2.24) is 0 Å². The zero-order valence-corrected chi connectivity index (χ0v) is 10.9. The van der Waals surface area contributed by atoms with Crippen molar-refractivity contribution in [3.05, 3.63) is 28.8 Å². The van der Waals surface area contributed by atoms with Crippen molar-refractivity contribution in [3.63, 3.8) is 0 Å². The largest absolute Gasteiger partial charge is 0.325 e. The van der Waals surface area contributed by atoms with E-state index in [0.717, 1.165) is 24.4 Å². The summed E-state index contributed by atoms with van der Waals surface area (Å²) in [5.74, 6) is 0.794. The summed E-state index contributed by atoms with van der Waals surface area (Å²) in [6.07, 6.45) is 4.35. The van der Waals surface area contributed by atoms with Crippen LogP contribution in [0, 0.1) is 5.92 Å². The maximum absolute atomic E-state index is 11.6. The number of hydrogen-bond acceptors (Lipinski definition) is 2. The molecule has 1 amide bonds. The van der Waals surface area contributed by atoms with Gasteiger partial charge in [-0.2, -0.15) is 12.6 Å². The van der Waals surface area contributed by atoms with E-state index in [9.17, 15) is 4.79 Å². The number of hydrogen-bond donors (Lipinski definition) is 2. The van der Waals surface area contributed by atoms with Crippen LogP contribution in [0.5, 0.6) is 0 Å². The molecule has 1 aromatic rings. The van der Waals surface area contributed by atoms with Gasteiger partial charge in [0.15, 0.2) is 0 Å². The van der Waals surface area contributed by atoms with Gasteiger partial charge in [-0.25, -0.2) is 0 Å². The number of nitrogens with one attached hydrogen (secondary N) is 1. The molecule has 2 unspecified atom stereocenters. The Morgan fingerprint density at radius 3 is 2.88 bits per heavy atom. The Labute approximate surface area is 107 Å². The topological polar surface area (TPSA) is 29.1 Å². The third-order valence-corrected chi connectivity index (χ3v) is 4.29. The lowest BCUT2D eigenvalue weighted by Gasteiger charge is -2.27. The van der Waals surface area contributed by atoms with E-state index in [1.165, 1.54) is 29.5 Å². The first-order chi connectivity index (χ1) is 8.13. The average molecular weight is 247 g/mol. The van der Waals surface area contributed by atoms with Crippen molar-refractivity contribution in [2.24, 2.45) is 5.92 Å². The van der Waals surface area contributed by atoms with Crippen LogP contribution in [-0.4, -0.2) is 11.2 Å². The highest BCUT2D eigenvalue weighted by Gasteiger charge is 2.25. The highest BCUT2D eigenvalue weighted by molar-refractivity contribution is 7.81. The molecule has 1 aromatic carbocycles. The number of fused-ring (bicyclic) bond motifs is 2. The summed E-state index contributed by atoms with van der Waals surface area (Å²) in [6, 6.07) is 4.46. The average Bonchev–Trinajstić information content (AvgIpc) is 2.28. The summed E-state index contributed by atoms with van der Waals surface area (Å²) in [5.41, 5.74) is 5.14. The molecule has 1 heterocycles. The highest BCUT2D eigenvalue weighted by atomic mass is 32.1. The molecule has 0 aromatic heterocycles. The smallest absolute Gasteiger partial charge is 0.237 e. The van der Waals surface area contributed by atoms with Gasteiger partial charge in [0.2, 0.25) is 5.91 Å². The first kappa shape index (κ1) is 11.1. The molecule has 0 fully saturated rings. The molecule has 0 saturated heterocycles. The molecule has 2 atom stereocenters. The Bertz CT molecular complexity index is 483. The minimum atomic E-state index is -0.192. The van der Waals surface area contributed by atoms with Crippen molar-refractivity contribution in [3.8, 4) is 0 Å². The first-order valence-electron chi connectivity index (χ1n) is 6.27. The molecule has 1 N–H and O–H groups in total. The molecule has 0 spiro atoms. The second-order valence-corrected chi connectivity index (χ2v) is 5.96. The summed E-state index contributed by atoms with van der Waals surface area (Å²) >= 11 is 4.31. The fourth-order valence-electron chi connectivity index (χ4n) is 2.84. The van der Waals surface area contributed by atoms with Gasteiger partial charge in [0.1, 0.15) is 0 Å². The summed E-state index contributed by atoms with van der Waals surface area (Å²) in [7, 11) is 0. The minimum Gasteiger partial charge on any atom is -0.325 e. The van der Waals surface area contributed by atoms with Crippen molar-refractivity contribution in [2.75, 3.05) is 5.32 Å². The number of carbonyl (C=O) groups is 1. The molecule has 2 aliphatic rings. The second kappa shape index (κ2) is 4.05. The normalized spacial score (nSPS) is 27.1. The highest BCUT2D eigenvalue weighted by Crippen LogP contribution is 2.33. The molecule has 1 aliphatic carbocycles. The van der Waals surface area contributed by atoms with Gasteiger partial charge in [-0.15, -0.1) is 0 Å².